The summed E-state index contributed by atoms with van der Waals surface area (Å²) >= 11 is 1.01. The van der Waals surface area contributed by atoms with E-state index in [1.54, 1.807) is 48.5 Å². The minimum atomic E-state index is -0.554. The Morgan fingerprint density at radius 3 is 2.45 bits per heavy atom. The van der Waals surface area contributed by atoms with Crippen LogP contribution in [0.4, 0.5) is 5.69 Å². The number of benzene rings is 3. The topological polar surface area (TPSA) is 95.1 Å². The zero-order chi connectivity index (χ0) is 20.4. The van der Waals surface area contributed by atoms with Gasteiger partial charge in [0.2, 0.25) is 0 Å². The van der Waals surface area contributed by atoms with Gasteiger partial charge < -0.3 is 0 Å². The molecule has 7 nitrogen and oxygen atoms in total. The molecule has 0 N–H and O–H groups in total. The fourth-order valence-corrected chi connectivity index (χ4v) is 3.92. The average Bonchev–Trinajstić information content (AvgIpc) is 2.75. The lowest BCUT2D eigenvalue weighted by Gasteiger charge is -2.13. The van der Waals surface area contributed by atoms with E-state index in [4.69, 9.17) is 0 Å². The molecule has 0 unspecified atom stereocenters. The largest absolute Gasteiger partial charge is 0.298 e. The average molecular weight is 403 g/mol. The van der Waals surface area contributed by atoms with E-state index < -0.39 is 4.92 Å². The molecule has 3 aromatic carbocycles. The van der Waals surface area contributed by atoms with Gasteiger partial charge in [-0.15, -0.1) is 0 Å². The van der Waals surface area contributed by atoms with E-state index in [0.29, 0.717) is 28.0 Å². The molecule has 0 radical (unpaired) electrons. The molecule has 0 aliphatic rings. The van der Waals surface area contributed by atoms with Crippen LogP contribution in [0.1, 0.15) is 10.4 Å². The summed E-state index contributed by atoms with van der Waals surface area (Å²) in [7, 11) is 0. The first-order valence-electron chi connectivity index (χ1n) is 8.57. The summed E-state index contributed by atoms with van der Waals surface area (Å²) in [5, 5.41) is 12.2. The first-order chi connectivity index (χ1) is 14.1. The molecule has 0 aliphatic carbocycles. The number of hydrogen-bond donors (Lipinski definition) is 0. The number of aldehydes is 1. The van der Waals surface area contributed by atoms with Crippen LogP contribution < -0.4 is 5.56 Å². The summed E-state index contributed by atoms with van der Waals surface area (Å²) in [6.45, 7) is 0. The van der Waals surface area contributed by atoms with Gasteiger partial charge in [-0.1, -0.05) is 36.4 Å². The van der Waals surface area contributed by atoms with Gasteiger partial charge in [-0.05, 0) is 42.1 Å². The highest BCUT2D eigenvalue weighted by Crippen LogP contribution is 2.35. The van der Waals surface area contributed by atoms with Gasteiger partial charge in [0.1, 0.15) is 6.29 Å². The SMILES string of the molecule is O=Cc1ccc(Sc2nc3ccccc3c(=O)n2-c2ccccc2)c([N+](=O)[O-])c1. The lowest BCUT2D eigenvalue weighted by atomic mass is 10.2. The van der Waals surface area contributed by atoms with Crippen LogP contribution in [0.15, 0.2) is 87.6 Å². The number of para-hydroxylation sites is 2. The van der Waals surface area contributed by atoms with E-state index in [1.807, 2.05) is 6.07 Å². The molecule has 4 aromatic rings. The van der Waals surface area contributed by atoms with Crippen LogP contribution in [-0.2, 0) is 0 Å². The van der Waals surface area contributed by atoms with Crippen LogP contribution in [0.2, 0.25) is 0 Å². The molecule has 142 valence electrons. The monoisotopic (exact) mass is 403 g/mol. The molecule has 0 aliphatic heterocycles. The Bertz CT molecular complexity index is 1300. The Hall–Kier alpha value is -3.78. The molecule has 0 spiro atoms. The van der Waals surface area contributed by atoms with Crippen molar-refractivity contribution in [3.8, 4) is 5.69 Å². The molecule has 0 atom stereocenters. The number of carbonyl (C=O) groups excluding carboxylic acids is 1. The van der Waals surface area contributed by atoms with E-state index in [-0.39, 0.29) is 21.7 Å². The number of nitro groups is 1. The highest BCUT2D eigenvalue weighted by Gasteiger charge is 2.20. The van der Waals surface area contributed by atoms with E-state index in [2.05, 4.69) is 4.98 Å². The third-order valence-corrected chi connectivity index (χ3v) is 5.30. The van der Waals surface area contributed by atoms with Crippen molar-refractivity contribution in [2.24, 2.45) is 0 Å². The van der Waals surface area contributed by atoms with E-state index in [9.17, 15) is 19.7 Å². The fraction of sp³-hybridized carbons (Fsp3) is 0. The van der Waals surface area contributed by atoms with Gasteiger partial charge >= 0.3 is 0 Å². The van der Waals surface area contributed by atoms with Crippen LogP contribution in [0.25, 0.3) is 16.6 Å². The summed E-state index contributed by atoms with van der Waals surface area (Å²) in [4.78, 5) is 40.0. The summed E-state index contributed by atoms with van der Waals surface area (Å²) in [5.41, 5.74) is 0.816. The summed E-state index contributed by atoms with van der Waals surface area (Å²) in [5.74, 6) is 0. The normalized spacial score (nSPS) is 10.8. The molecule has 8 heteroatoms. The van der Waals surface area contributed by atoms with Crippen molar-refractivity contribution in [2.75, 3.05) is 0 Å². The fourth-order valence-electron chi connectivity index (χ4n) is 2.92. The second-order valence-electron chi connectivity index (χ2n) is 6.09. The zero-order valence-corrected chi connectivity index (χ0v) is 15.7. The predicted molar refractivity (Wildman–Crippen MR) is 110 cm³/mol. The Balaban J connectivity index is 1.96. The van der Waals surface area contributed by atoms with Gasteiger partial charge in [0.25, 0.3) is 11.2 Å². The van der Waals surface area contributed by atoms with Crippen molar-refractivity contribution in [3.05, 3.63) is 98.8 Å². The van der Waals surface area contributed by atoms with Gasteiger partial charge in [-0.2, -0.15) is 0 Å². The van der Waals surface area contributed by atoms with Gasteiger partial charge in [0.05, 0.1) is 26.4 Å². The Labute approximate surface area is 168 Å². The number of nitro benzene ring substituents is 1. The summed E-state index contributed by atoms with van der Waals surface area (Å²) in [6, 6.07) is 20.1. The molecule has 1 aromatic heterocycles. The van der Waals surface area contributed by atoms with Crippen molar-refractivity contribution >= 4 is 34.6 Å². The zero-order valence-electron chi connectivity index (χ0n) is 14.9. The molecule has 4 rings (SSSR count). The first kappa shape index (κ1) is 18.6. The van der Waals surface area contributed by atoms with Crippen LogP contribution in [0, 0.1) is 10.1 Å². The van der Waals surface area contributed by atoms with Crippen molar-refractivity contribution in [1.29, 1.82) is 0 Å². The first-order valence-corrected chi connectivity index (χ1v) is 9.39. The minimum Gasteiger partial charge on any atom is -0.298 e. The number of rotatable bonds is 5. The van der Waals surface area contributed by atoms with Crippen molar-refractivity contribution in [3.63, 3.8) is 0 Å². The standard InChI is InChI=1S/C21H13N3O4S/c25-13-14-10-11-19(18(12-14)24(27)28)29-21-22-17-9-5-4-8-16(17)20(26)23(21)15-6-2-1-3-7-15/h1-13H. The van der Waals surface area contributed by atoms with E-state index in [0.717, 1.165) is 11.8 Å². The highest BCUT2D eigenvalue weighted by molar-refractivity contribution is 7.99. The smallest absolute Gasteiger partial charge is 0.284 e. The Morgan fingerprint density at radius 1 is 1.00 bits per heavy atom. The van der Waals surface area contributed by atoms with Crippen LogP contribution in [-0.4, -0.2) is 20.8 Å². The molecular formula is C21H13N3O4S. The van der Waals surface area contributed by atoms with Crippen LogP contribution in [0.3, 0.4) is 0 Å². The second kappa shape index (κ2) is 7.69. The lowest BCUT2D eigenvalue weighted by molar-refractivity contribution is -0.387. The van der Waals surface area contributed by atoms with E-state index in [1.165, 1.54) is 22.8 Å². The maximum absolute atomic E-state index is 13.2. The third kappa shape index (κ3) is 3.53. The van der Waals surface area contributed by atoms with Crippen LogP contribution >= 0.6 is 11.8 Å². The molecule has 0 amide bonds. The van der Waals surface area contributed by atoms with Gasteiger partial charge in [-0.3, -0.25) is 24.3 Å². The molecule has 0 bridgehead atoms. The third-order valence-electron chi connectivity index (χ3n) is 4.28. The van der Waals surface area contributed by atoms with Gasteiger partial charge in [0.15, 0.2) is 5.16 Å². The highest BCUT2D eigenvalue weighted by atomic mass is 32.2. The molecule has 0 fully saturated rings. The molecule has 0 saturated carbocycles. The maximum Gasteiger partial charge on any atom is 0.284 e. The predicted octanol–water partition coefficient (Wildman–Crippen LogP) is 4.26. The van der Waals surface area contributed by atoms with Crippen molar-refractivity contribution in [1.82, 2.24) is 9.55 Å². The summed E-state index contributed by atoms with van der Waals surface area (Å²) < 4.78 is 1.43. The Kier molecular flexibility index (Phi) is 4.92. The van der Waals surface area contributed by atoms with Crippen molar-refractivity contribution < 1.29 is 9.72 Å². The number of fused-ring (bicyclic) bond motifs is 1. The molecule has 1 heterocycles. The number of carbonyl (C=O) groups is 1. The number of nitrogens with zero attached hydrogens (tertiary/aromatic N) is 3. The molecular weight excluding hydrogens is 390 g/mol. The summed E-state index contributed by atoms with van der Waals surface area (Å²) in [6.07, 6.45) is 0.551. The quantitative estimate of drug-likeness (QED) is 0.214. The van der Waals surface area contributed by atoms with Crippen LogP contribution in [0.5, 0.6) is 0 Å². The number of hydrogen-bond acceptors (Lipinski definition) is 6. The van der Waals surface area contributed by atoms with Gasteiger partial charge in [0, 0.05) is 11.6 Å². The van der Waals surface area contributed by atoms with Crippen molar-refractivity contribution in [2.45, 2.75) is 10.1 Å². The van der Waals surface area contributed by atoms with Gasteiger partial charge in [-0.25, -0.2) is 4.98 Å². The van der Waals surface area contributed by atoms with E-state index >= 15 is 0 Å². The molecule has 29 heavy (non-hydrogen) atoms. The Morgan fingerprint density at radius 2 is 1.72 bits per heavy atom. The number of aromatic nitrogens is 2. The minimum absolute atomic E-state index is 0.202. The second-order valence-corrected chi connectivity index (χ2v) is 7.10. The molecule has 0 saturated heterocycles. The lowest BCUT2D eigenvalue weighted by Crippen LogP contribution is -2.21. The maximum atomic E-state index is 13.2.